The van der Waals surface area contributed by atoms with Crippen molar-refractivity contribution in [3.63, 3.8) is 0 Å². The number of carbonyl (C=O) groups excluding carboxylic acids is 1. The first-order chi connectivity index (χ1) is 10.5. The highest BCUT2D eigenvalue weighted by Crippen LogP contribution is 2.27. The molecule has 0 bridgehead atoms. The Hall–Kier alpha value is -2.76. The van der Waals surface area contributed by atoms with Crippen molar-refractivity contribution in [1.29, 1.82) is 0 Å². The molecule has 0 radical (unpaired) electrons. The molecule has 4 nitrogen and oxygen atoms in total. The molecule has 0 atom stereocenters. The van der Waals surface area contributed by atoms with Crippen LogP contribution in [0.1, 0.15) is 11.1 Å². The maximum absolute atomic E-state index is 14.4. The third-order valence-electron chi connectivity index (χ3n) is 3.40. The molecule has 2 aromatic rings. The molecule has 0 aromatic heterocycles. The van der Waals surface area contributed by atoms with Crippen molar-refractivity contribution in [1.82, 2.24) is 5.43 Å². The summed E-state index contributed by atoms with van der Waals surface area (Å²) in [5, 5.41) is 3.83. The van der Waals surface area contributed by atoms with Gasteiger partial charge in [0.1, 0.15) is 24.0 Å². The fraction of sp³-hybridized carbons (Fsp3) is 0.125. The van der Waals surface area contributed by atoms with Crippen LogP contribution >= 0.6 is 0 Å². The smallest absolute Gasteiger partial charge is 0.428 e. The molecule has 1 heterocycles. The highest BCUT2D eigenvalue weighted by atomic mass is 19.1. The molecule has 22 heavy (non-hydrogen) atoms. The lowest BCUT2D eigenvalue weighted by Crippen LogP contribution is -2.30. The van der Waals surface area contributed by atoms with E-state index in [1.807, 2.05) is 0 Å². The summed E-state index contributed by atoms with van der Waals surface area (Å²) < 4.78 is 32.3. The van der Waals surface area contributed by atoms with Crippen molar-refractivity contribution in [2.75, 3.05) is 6.61 Å². The van der Waals surface area contributed by atoms with E-state index in [0.29, 0.717) is 28.0 Å². The molecule has 1 amide bonds. The van der Waals surface area contributed by atoms with Gasteiger partial charge in [0.25, 0.3) is 0 Å². The van der Waals surface area contributed by atoms with Crippen LogP contribution in [0.15, 0.2) is 41.5 Å². The van der Waals surface area contributed by atoms with Gasteiger partial charge in [-0.25, -0.2) is 19.0 Å². The number of nitrogens with zero attached hydrogens (tertiary/aromatic N) is 1. The van der Waals surface area contributed by atoms with E-state index >= 15 is 0 Å². The van der Waals surface area contributed by atoms with Crippen molar-refractivity contribution in [3.05, 3.63) is 59.2 Å². The van der Waals surface area contributed by atoms with Crippen LogP contribution in [0.2, 0.25) is 0 Å². The van der Waals surface area contributed by atoms with Crippen molar-refractivity contribution in [2.24, 2.45) is 5.10 Å². The van der Waals surface area contributed by atoms with E-state index in [0.717, 1.165) is 0 Å². The minimum atomic E-state index is -0.636. The number of aryl methyl sites for hydroxylation is 1. The van der Waals surface area contributed by atoms with E-state index in [1.165, 1.54) is 18.2 Å². The van der Waals surface area contributed by atoms with Gasteiger partial charge in [0.15, 0.2) is 0 Å². The summed E-state index contributed by atoms with van der Waals surface area (Å²) in [6, 6.07) is 8.80. The molecule has 112 valence electrons. The fourth-order valence-corrected chi connectivity index (χ4v) is 2.30. The van der Waals surface area contributed by atoms with Gasteiger partial charge in [0, 0.05) is 11.1 Å². The van der Waals surface area contributed by atoms with E-state index < -0.39 is 11.9 Å². The molecular weight excluding hydrogens is 290 g/mol. The van der Waals surface area contributed by atoms with Gasteiger partial charge in [-0.3, -0.25) is 0 Å². The van der Waals surface area contributed by atoms with Gasteiger partial charge in [-0.1, -0.05) is 18.2 Å². The fourth-order valence-electron chi connectivity index (χ4n) is 2.30. The maximum Gasteiger partial charge on any atom is 0.428 e. The summed E-state index contributed by atoms with van der Waals surface area (Å²) in [4.78, 5) is 10.9. The summed E-state index contributed by atoms with van der Waals surface area (Å²) in [6.07, 6.45) is -0.636. The summed E-state index contributed by atoms with van der Waals surface area (Å²) in [6.45, 7) is 1.71. The summed E-state index contributed by atoms with van der Waals surface area (Å²) in [7, 11) is 0. The number of hydrogen-bond acceptors (Lipinski definition) is 3. The van der Waals surface area contributed by atoms with Gasteiger partial charge in [-0.15, -0.1) is 0 Å². The monoisotopic (exact) mass is 302 g/mol. The average molecular weight is 302 g/mol. The predicted octanol–water partition coefficient (Wildman–Crippen LogP) is 3.38. The highest BCUT2D eigenvalue weighted by molar-refractivity contribution is 6.04. The van der Waals surface area contributed by atoms with Crippen molar-refractivity contribution < 1.29 is 18.3 Å². The Morgan fingerprint density at radius 2 is 1.91 bits per heavy atom. The Kier molecular flexibility index (Phi) is 3.58. The molecule has 0 saturated carbocycles. The van der Waals surface area contributed by atoms with Gasteiger partial charge >= 0.3 is 6.09 Å². The van der Waals surface area contributed by atoms with E-state index in [-0.39, 0.29) is 12.4 Å². The number of hydrogen-bond donors (Lipinski definition) is 1. The summed E-state index contributed by atoms with van der Waals surface area (Å²) in [5.74, 6) is -0.811. The summed E-state index contributed by atoms with van der Waals surface area (Å²) in [5.41, 5.74) is 4.77. The normalized spacial score (nSPS) is 14.1. The minimum absolute atomic E-state index is 0.0137. The second-order valence-electron chi connectivity index (χ2n) is 4.90. The number of benzene rings is 2. The van der Waals surface area contributed by atoms with Crippen molar-refractivity contribution >= 4 is 11.8 Å². The Bertz CT molecular complexity index is 788. The standard InChI is InChI=1S/C16H12F2N2O2/c1-9-6-11(17)3-5-12(9)13-4-2-10(7-14(13)18)15-8-22-16(21)20-19-15/h2-7H,8H2,1H3,(H,20,21). The van der Waals surface area contributed by atoms with Crippen LogP contribution in [0.3, 0.4) is 0 Å². The molecule has 0 fully saturated rings. The van der Waals surface area contributed by atoms with Crippen LogP contribution in [-0.2, 0) is 4.74 Å². The number of nitrogens with one attached hydrogen (secondary N) is 1. The number of cyclic esters (lactones) is 1. The van der Waals surface area contributed by atoms with E-state index in [4.69, 9.17) is 4.74 Å². The average Bonchev–Trinajstić information content (AvgIpc) is 2.49. The van der Waals surface area contributed by atoms with Crippen LogP contribution < -0.4 is 5.43 Å². The van der Waals surface area contributed by atoms with Crippen molar-refractivity contribution in [2.45, 2.75) is 6.92 Å². The Morgan fingerprint density at radius 1 is 1.14 bits per heavy atom. The molecule has 6 heteroatoms. The topological polar surface area (TPSA) is 50.7 Å². The molecule has 2 aromatic carbocycles. The number of hydrazone groups is 1. The number of amides is 1. The Labute approximate surface area is 125 Å². The largest absolute Gasteiger partial charge is 0.442 e. The van der Waals surface area contributed by atoms with Gasteiger partial charge in [-0.2, -0.15) is 5.10 Å². The first-order valence-corrected chi connectivity index (χ1v) is 6.60. The highest BCUT2D eigenvalue weighted by Gasteiger charge is 2.16. The van der Waals surface area contributed by atoms with Crippen LogP contribution in [0, 0.1) is 18.6 Å². The van der Waals surface area contributed by atoms with Gasteiger partial charge in [0.05, 0.1) is 0 Å². The van der Waals surface area contributed by atoms with Crippen molar-refractivity contribution in [3.8, 4) is 11.1 Å². The molecule has 0 unspecified atom stereocenters. The van der Waals surface area contributed by atoms with E-state index in [1.54, 1.807) is 25.1 Å². The molecule has 1 N–H and O–H groups in total. The SMILES string of the molecule is Cc1cc(F)ccc1-c1ccc(C2=NNC(=O)OC2)cc1F. The second-order valence-corrected chi connectivity index (χ2v) is 4.90. The van der Waals surface area contributed by atoms with E-state index in [9.17, 15) is 13.6 Å². The first kappa shape index (κ1) is 14.2. The molecule has 3 rings (SSSR count). The molecular formula is C16H12F2N2O2. The number of halogens is 2. The first-order valence-electron chi connectivity index (χ1n) is 6.60. The van der Waals surface area contributed by atoms with Gasteiger partial charge in [0.2, 0.25) is 0 Å². The lowest BCUT2D eigenvalue weighted by Gasteiger charge is -2.14. The molecule has 1 aliphatic heterocycles. The van der Waals surface area contributed by atoms with E-state index in [2.05, 4.69) is 10.5 Å². The number of rotatable bonds is 2. The third-order valence-corrected chi connectivity index (χ3v) is 3.40. The van der Waals surface area contributed by atoms with Gasteiger partial charge in [-0.05, 0) is 36.2 Å². The van der Waals surface area contributed by atoms with Crippen LogP contribution in [-0.4, -0.2) is 18.4 Å². The van der Waals surface area contributed by atoms with Gasteiger partial charge < -0.3 is 4.74 Å². The Balaban J connectivity index is 1.97. The van der Waals surface area contributed by atoms with Crippen LogP contribution in [0.5, 0.6) is 0 Å². The quantitative estimate of drug-likeness (QED) is 0.924. The predicted molar refractivity (Wildman–Crippen MR) is 77.6 cm³/mol. The zero-order chi connectivity index (χ0) is 15.7. The van der Waals surface area contributed by atoms with Crippen LogP contribution in [0.25, 0.3) is 11.1 Å². The maximum atomic E-state index is 14.4. The zero-order valence-electron chi connectivity index (χ0n) is 11.7. The lowest BCUT2D eigenvalue weighted by atomic mass is 9.98. The summed E-state index contributed by atoms with van der Waals surface area (Å²) >= 11 is 0. The zero-order valence-corrected chi connectivity index (χ0v) is 11.7. The number of carbonyl (C=O) groups is 1. The molecule has 1 aliphatic rings. The molecule has 0 saturated heterocycles. The second kappa shape index (κ2) is 5.55. The molecule has 0 spiro atoms. The van der Waals surface area contributed by atoms with Crippen LogP contribution in [0.4, 0.5) is 13.6 Å². The Morgan fingerprint density at radius 3 is 2.55 bits per heavy atom. The third kappa shape index (κ3) is 2.67. The number of ether oxygens (including phenoxy) is 1. The molecule has 0 aliphatic carbocycles. The lowest BCUT2D eigenvalue weighted by molar-refractivity contribution is 0.157. The minimum Gasteiger partial charge on any atom is -0.442 e.